The van der Waals surface area contributed by atoms with Crippen LogP contribution in [0, 0.1) is 0 Å². The highest BCUT2D eigenvalue weighted by atomic mass is 35.5. The van der Waals surface area contributed by atoms with Crippen molar-refractivity contribution in [3.8, 4) is 0 Å². The monoisotopic (exact) mass is 470 g/mol. The van der Waals surface area contributed by atoms with Gasteiger partial charge < -0.3 is 20.5 Å². The first-order chi connectivity index (χ1) is 15.8. The largest absolute Gasteiger partial charge is 0.465 e. The fraction of sp³-hybridized carbons (Fsp3) is 0.0952. The van der Waals surface area contributed by atoms with E-state index in [1.807, 2.05) is 0 Å². The van der Waals surface area contributed by atoms with E-state index in [-0.39, 0.29) is 28.5 Å². The highest BCUT2D eigenvalue weighted by molar-refractivity contribution is 6.31. The van der Waals surface area contributed by atoms with Gasteiger partial charge in [0.25, 0.3) is 5.91 Å². The van der Waals surface area contributed by atoms with Gasteiger partial charge >= 0.3 is 11.9 Å². The number of rotatable bonds is 7. The van der Waals surface area contributed by atoms with E-state index in [0.717, 1.165) is 0 Å². The summed E-state index contributed by atoms with van der Waals surface area (Å²) in [6.45, 7) is 0. The number of aromatic nitrogens is 2. The fourth-order valence-corrected chi connectivity index (χ4v) is 2.91. The van der Waals surface area contributed by atoms with Gasteiger partial charge in [-0.2, -0.15) is 0 Å². The predicted molar refractivity (Wildman–Crippen MR) is 121 cm³/mol. The molecule has 0 aliphatic rings. The number of amides is 1. The molecule has 5 N–H and O–H groups in total. The minimum atomic E-state index is -0.648. The van der Waals surface area contributed by atoms with Crippen LogP contribution in [-0.4, -0.2) is 42.0 Å². The smallest absolute Gasteiger partial charge is 0.337 e. The number of nitrogens with one attached hydrogen (secondary N) is 3. The van der Waals surface area contributed by atoms with Crippen LogP contribution in [0.25, 0.3) is 0 Å². The van der Waals surface area contributed by atoms with Crippen molar-refractivity contribution in [2.75, 3.05) is 30.7 Å². The van der Waals surface area contributed by atoms with Gasteiger partial charge in [-0.15, -0.1) is 0 Å². The van der Waals surface area contributed by atoms with Crippen LogP contribution in [0.3, 0.4) is 0 Å². The minimum absolute atomic E-state index is 0.0620. The maximum absolute atomic E-state index is 12.3. The van der Waals surface area contributed by atoms with Crippen molar-refractivity contribution in [2.45, 2.75) is 0 Å². The highest BCUT2D eigenvalue weighted by Crippen LogP contribution is 2.27. The average molecular weight is 471 g/mol. The highest BCUT2D eigenvalue weighted by Gasteiger charge is 2.16. The van der Waals surface area contributed by atoms with Crippen LogP contribution in [0.2, 0.25) is 5.02 Å². The number of halogens is 1. The molecule has 0 aliphatic carbocycles. The Bertz CT molecular complexity index is 1190. The van der Waals surface area contributed by atoms with E-state index >= 15 is 0 Å². The Labute approximate surface area is 193 Å². The summed E-state index contributed by atoms with van der Waals surface area (Å²) in [5, 5.41) is 3.33. The number of esters is 2. The van der Waals surface area contributed by atoms with Gasteiger partial charge in [0.05, 0.1) is 25.3 Å². The molecule has 1 heterocycles. The first-order valence-corrected chi connectivity index (χ1v) is 9.71. The van der Waals surface area contributed by atoms with Crippen molar-refractivity contribution in [1.29, 1.82) is 0 Å². The third-order valence-corrected chi connectivity index (χ3v) is 4.54. The van der Waals surface area contributed by atoms with E-state index < -0.39 is 17.8 Å². The van der Waals surface area contributed by atoms with Crippen molar-refractivity contribution in [2.24, 2.45) is 0 Å². The number of ether oxygens (including phenoxy) is 2. The van der Waals surface area contributed by atoms with Gasteiger partial charge in [0.1, 0.15) is 12.0 Å². The lowest BCUT2D eigenvalue weighted by Crippen LogP contribution is -2.30. The number of hydrazine groups is 1. The van der Waals surface area contributed by atoms with E-state index in [4.69, 9.17) is 26.8 Å². The molecule has 0 bridgehead atoms. The maximum atomic E-state index is 12.3. The van der Waals surface area contributed by atoms with Crippen LogP contribution in [0.15, 0.2) is 48.8 Å². The van der Waals surface area contributed by atoms with Crippen molar-refractivity contribution >= 4 is 52.5 Å². The lowest BCUT2D eigenvalue weighted by atomic mass is 10.1. The maximum Gasteiger partial charge on any atom is 0.337 e. The Morgan fingerprint density at radius 1 is 0.909 bits per heavy atom. The summed E-state index contributed by atoms with van der Waals surface area (Å²) in [5.74, 6) is -1.49. The number of nitrogen functional groups attached to an aromatic ring is 1. The number of benzene rings is 2. The van der Waals surface area contributed by atoms with E-state index in [9.17, 15) is 14.4 Å². The second-order valence-electron chi connectivity index (χ2n) is 6.48. The number of hydrogen-bond acceptors (Lipinski definition) is 10. The first-order valence-electron chi connectivity index (χ1n) is 9.33. The molecule has 3 aromatic rings. The summed E-state index contributed by atoms with van der Waals surface area (Å²) < 4.78 is 9.45. The van der Waals surface area contributed by atoms with E-state index in [1.165, 1.54) is 44.8 Å². The molecule has 0 saturated carbocycles. The molecule has 2 aromatic carbocycles. The van der Waals surface area contributed by atoms with Gasteiger partial charge in [-0.1, -0.05) is 17.7 Å². The summed E-state index contributed by atoms with van der Waals surface area (Å²) >= 11 is 5.90. The number of nitrogens with two attached hydrogens (primary N) is 1. The lowest BCUT2D eigenvalue weighted by molar-refractivity contribution is 0.0599. The third-order valence-electron chi connectivity index (χ3n) is 4.30. The predicted octanol–water partition coefficient (Wildman–Crippen LogP) is 2.79. The van der Waals surface area contributed by atoms with E-state index in [1.54, 1.807) is 18.2 Å². The number of nitrogens with zero attached hydrogens (tertiary/aromatic N) is 2. The molecular formula is C21H19ClN6O5. The molecule has 12 heteroatoms. The van der Waals surface area contributed by atoms with Crippen LogP contribution in [0.4, 0.5) is 23.0 Å². The van der Waals surface area contributed by atoms with Gasteiger partial charge in [-0.25, -0.2) is 19.6 Å². The topological polar surface area (TPSA) is 158 Å². The van der Waals surface area contributed by atoms with Crippen molar-refractivity contribution < 1.29 is 23.9 Å². The minimum Gasteiger partial charge on any atom is -0.465 e. The van der Waals surface area contributed by atoms with Gasteiger partial charge in [0.2, 0.25) is 0 Å². The second-order valence-corrected chi connectivity index (χ2v) is 6.92. The molecule has 0 spiro atoms. The van der Waals surface area contributed by atoms with Crippen molar-refractivity contribution in [1.82, 2.24) is 15.4 Å². The molecule has 170 valence electrons. The molecule has 33 heavy (non-hydrogen) atoms. The Kier molecular flexibility index (Phi) is 7.26. The molecule has 3 rings (SSSR count). The summed E-state index contributed by atoms with van der Waals surface area (Å²) in [6, 6.07) is 10.6. The Morgan fingerprint density at radius 3 is 2.15 bits per heavy atom. The number of carbonyl (C=O) groups is 3. The van der Waals surface area contributed by atoms with Crippen LogP contribution in [0.5, 0.6) is 0 Å². The van der Waals surface area contributed by atoms with Crippen LogP contribution < -0.4 is 21.9 Å². The second kappa shape index (κ2) is 10.3. The number of methoxy groups -OCH3 is 2. The zero-order valence-corrected chi connectivity index (χ0v) is 18.3. The van der Waals surface area contributed by atoms with E-state index in [0.29, 0.717) is 16.3 Å². The zero-order chi connectivity index (χ0) is 24.0. The van der Waals surface area contributed by atoms with E-state index in [2.05, 4.69) is 26.1 Å². The molecule has 11 nitrogen and oxygen atoms in total. The van der Waals surface area contributed by atoms with Gasteiger partial charge in [-0.05, 0) is 36.4 Å². The first kappa shape index (κ1) is 23.3. The van der Waals surface area contributed by atoms with Gasteiger partial charge in [0, 0.05) is 16.3 Å². The molecule has 0 fully saturated rings. The Morgan fingerprint density at radius 2 is 1.55 bits per heavy atom. The summed E-state index contributed by atoms with van der Waals surface area (Å²) in [6.07, 6.45) is 1.21. The molecular weight excluding hydrogens is 452 g/mol. The molecule has 0 aliphatic heterocycles. The third kappa shape index (κ3) is 5.66. The van der Waals surface area contributed by atoms with Crippen molar-refractivity contribution in [3.05, 3.63) is 70.5 Å². The van der Waals surface area contributed by atoms with Gasteiger partial charge in [-0.3, -0.25) is 15.6 Å². The fourth-order valence-electron chi connectivity index (χ4n) is 2.72. The number of anilines is 4. The molecule has 0 atom stereocenters. The summed E-state index contributed by atoms with van der Waals surface area (Å²) in [5.41, 5.74) is 12.2. The lowest BCUT2D eigenvalue weighted by Gasteiger charge is -2.14. The zero-order valence-electron chi connectivity index (χ0n) is 17.5. The number of carbonyl (C=O) groups excluding carboxylic acids is 3. The van der Waals surface area contributed by atoms with Gasteiger partial charge in [0.15, 0.2) is 11.6 Å². The SMILES string of the molecule is COC(=O)c1cc(Nc2ncnc(NNC(=O)c3cccc(Cl)c3)c2N)cc(C(=O)OC)c1. The molecule has 0 radical (unpaired) electrons. The molecule has 0 unspecified atom stereocenters. The standard InChI is InChI=1S/C21H19ClN6O5/c1-32-20(30)12-6-13(21(31)33-2)9-15(8-12)26-17-16(23)18(25-10-24-17)27-28-19(29)11-4-3-5-14(22)7-11/h3-10H,23H2,1-2H3,(H,28,29)(H2,24,25,26,27). The normalized spacial score (nSPS) is 10.2. The Balaban J connectivity index is 1.82. The quantitative estimate of drug-likeness (QED) is 0.299. The van der Waals surface area contributed by atoms with Crippen molar-refractivity contribution in [3.63, 3.8) is 0 Å². The number of hydrogen-bond donors (Lipinski definition) is 4. The van der Waals surface area contributed by atoms with Crippen LogP contribution >= 0.6 is 11.6 Å². The van der Waals surface area contributed by atoms with Crippen LogP contribution in [-0.2, 0) is 9.47 Å². The molecule has 1 aromatic heterocycles. The Hall–Kier alpha value is -4.38. The average Bonchev–Trinajstić information content (AvgIpc) is 2.83. The van der Waals surface area contributed by atoms with Crippen LogP contribution in [0.1, 0.15) is 31.1 Å². The summed E-state index contributed by atoms with van der Waals surface area (Å²) in [7, 11) is 2.44. The molecule has 0 saturated heterocycles. The summed E-state index contributed by atoms with van der Waals surface area (Å²) in [4.78, 5) is 44.3. The molecule has 1 amide bonds.